The summed E-state index contributed by atoms with van der Waals surface area (Å²) in [4.78, 5) is 6.25. The van der Waals surface area contributed by atoms with E-state index in [0.717, 1.165) is 18.5 Å². The van der Waals surface area contributed by atoms with Crippen LogP contribution >= 0.6 is 11.8 Å². The molecular formula is C20H17NS. The van der Waals surface area contributed by atoms with Crippen molar-refractivity contribution in [1.82, 2.24) is 0 Å². The Labute approximate surface area is 135 Å². The monoisotopic (exact) mass is 303 g/mol. The normalized spacial score (nSPS) is 20.1. The number of nitrogens with zero attached hydrogens (tertiary/aromatic N) is 1. The summed E-state index contributed by atoms with van der Waals surface area (Å²) in [6.07, 6.45) is 8.89. The minimum absolute atomic E-state index is 0.446. The number of hydrogen-bond donors (Lipinski definition) is 0. The Morgan fingerprint density at radius 2 is 1.77 bits per heavy atom. The van der Waals surface area contributed by atoms with Gasteiger partial charge in [-0.25, -0.2) is 0 Å². The Hall–Kier alpha value is -2.06. The summed E-state index contributed by atoms with van der Waals surface area (Å²) in [5.74, 6) is 0. The lowest BCUT2D eigenvalue weighted by Gasteiger charge is -2.16. The lowest BCUT2D eigenvalue weighted by atomic mass is 10.0. The molecule has 22 heavy (non-hydrogen) atoms. The van der Waals surface area contributed by atoms with Gasteiger partial charge in [-0.3, -0.25) is 4.99 Å². The number of fused-ring (bicyclic) bond motifs is 1. The molecule has 1 atom stereocenters. The summed E-state index contributed by atoms with van der Waals surface area (Å²) in [6.45, 7) is 0. The van der Waals surface area contributed by atoms with Crippen molar-refractivity contribution in [1.29, 1.82) is 0 Å². The van der Waals surface area contributed by atoms with Crippen molar-refractivity contribution < 1.29 is 0 Å². The van der Waals surface area contributed by atoms with Crippen LogP contribution in [-0.4, -0.2) is 11.0 Å². The van der Waals surface area contributed by atoms with Crippen molar-refractivity contribution in [3.8, 4) is 0 Å². The lowest BCUT2D eigenvalue weighted by Crippen LogP contribution is -2.11. The van der Waals surface area contributed by atoms with Crippen LogP contribution in [0.5, 0.6) is 0 Å². The largest absolute Gasteiger partial charge is 0.252 e. The van der Waals surface area contributed by atoms with E-state index >= 15 is 0 Å². The van der Waals surface area contributed by atoms with Crippen LogP contribution in [0.15, 0.2) is 88.3 Å². The molecular weight excluding hydrogens is 286 g/mol. The Balaban J connectivity index is 1.79. The first-order valence-electron chi connectivity index (χ1n) is 7.65. The maximum absolute atomic E-state index is 4.98. The minimum Gasteiger partial charge on any atom is -0.252 e. The second kappa shape index (κ2) is 5.98. The predicted molar refractivity (Wildman–Crippen MR) is 95.2 cm³/mol. The van der Waals surface area contributed by atoms with E-state index in [9.17, 15) is 0 Å². The molecule has 0 fully saturated rings. The van der Waals surface area contributed by atoms with Gasteiger partial charge < -0.3 is 0 Å². The van der Waals surface area contributed by atoms with E-state index in [1.165, 1.54) is 21.7 Å². The fourth-order valence-corrected chi connectivity index (χ4v) is 4.17. The molecule has 1 aliphatic carbocycles. The topological polar surface area (TPSA) is 12.4 Å². The van der Waals surface area contributed by atoms with Gasteiger partial charge in [-0.2, -0.15) is 0 Å². The van der Waals surface area contributed by atoms with Crippen LogP contribution in [0, 0.1) is 0 Å². The van der Waals surface area contributed by atoms with Crippen molar-refractivity contribution in [3.63, 3.8) is 0 Å². The highest BCUT2D eigenvalue weighted by Gasteiger charge is 2.23. The smallest absolute Gasteiger partial charge is 0.0769 e. The first-order chi connectivity index (χ1) is 10.9. The minimum atomic E-state index is 0.446. The molecule has 2 aliphatic rings. The zero-order chi connectivity index (χ0) is 14.8. The van der Waals surface area contributed by atoms with Crippen LogP contribution in [0.25, 0.3) is 0 Å². The van der Waals surface area contributed by atoms with E-state index in [1.807, 2.05) is 11.8 Å². The molecule has 0 spiro atoms. The fraction of sp³-hybridized carbons (Fsp3) is 0.150. The van der Waals surface area contributed by atoms with E-state index in [1.54, 1.807) is 0 Å². The highest BCUT2D eigenvalue weighted by molar-refractivity contribution is 8.00. The summed E-state index contributed by atoms with van der Waals surface area (Å²) in [5, 5.41) is 0.446. The van der Waals surface area contributed by atoms with Crippen LogP contribution in [0.1, 0.15) is 18.4 Å². The third kappa shape index (κ3) is 2.67. The Kier molecular flexibility index (Phi) is 3.69. The van der Waals surface area contributed by atoms with Crippen LogP contribution in [-0.2, 0) is 0 Å². The van der Waals surface area contributed by atoms with Gasteiger partial charge in [0.05, 0.1) is 5.69 Å². The summed E-state index contributed by atoms with van der Waals surface area (Å²) < 4.78 is 0. The average molecular weight is 303 g/mol. The van der Waals surface area contributed by atoms with Crippen LogP contribution in [0.4, 0.5) is 5.69 Å². The van der Waals surface area contributed by atoms with Crippen molar-refractivity contribution >= 4 is 23.2 Å². The number of para-hydroxylation sites is 1. The van der Waals surface area contributed by atoms with Gasteiger partial charge in [-0.1, -0.05) is 60.7 Å². The molecule has 1 aliphatic heterocycles. The van der Waals surface area contributed by atoms with E-state index in [-0.39, 0.29) is 0 Å². The molecule has 0 bridgehead atoms. The molecule has 0 saturated heterocycles. The standard InChI is InChI=1S/C20H17NS/c1-2-8-15(9-3-1)18-14-20(16-10-4-5-11-16)22-19-13-7-6-12-17(19)21-18/h1-4,6-13,20H,5,14H2. The second-order valence-corrected chi connectivity index (χ2v) is 6.79. The molecule has 0 aromatic heterocycles. The van der Waals surface area contributed by atoms with Gasteiger partial charge in [0, 0.05) is 22.3 Å². The van der Waals surface area contributed by atoms with Gasteiger partial charge in [0.25, 0.3) is 0 Å². The third-order valence-electron chi connectivity index (χ3n) is 4.05. The molecule has 108 valence electrons. The second-order valence-electron chi connectivity index (χ2n) is 5.55. The number of allylic oxidation sites excluding steroid dienone is 3. The number of thioether (sulfide) groups is 1. The summed E-state index contributed by atoms with van der Waals surface area (Å²) in [6, 6.07) is 19.0. The molecule has 2 heteroatoms. The van der Waals surface area contributed by atoms with Gasteiger partial charge >= 0.3 is 0 Å². The van der Waals surface area contributed by atoms with E-state index in [4.69, 9.17) is 4.99 Å². The van der Waals surface area contributed by atoms with Crippen molar-refractivity contribution in [2.45, 2.75) is 23.0 Å². The van der Waals surface area contributed by atoms with E-state index in [2.05, 4.69) is 72.8 Å². The number of rotatable bonds is 2. The quantitative estimate of drug-likeness (QED) is 0.707. The Morgan fingerprint density at radius 1 is 0.955 bits per heavy atom. The van der Waals surface area contributed by atoms with Gasteiger partial charge in [0.2, 0.25) is 0 Å². The lowest BCUT2D eigenvalue weighted by molar-refractivity contribution is 1.07. The van der Waals surface area contributed by atoms with Crippen LogP contribution < -0.4 is 0 Å². The molecule has 1 heterocycles. The SMILES string of the molecule is C1=CC(C2CC(c3ccccc3)=Nc3ccccc3S2)=CC1. The summed E-state index contributed by atoms with van der Waals surface area (Å²) in [7, 11) is 0. The third-order valence-corrected chi connectivity index (χ3v) is 5.37. The van der Waals surface area contributed by atoms with Crippen molar-refractivity contribution in [2.24, 2.45) is 4.99 Å². The molecule has 1 unspecified atom stereocenters. The van der Waals surface area contributed by atoms with Gasteiger partial charge in [0.15, 0.2) is 0 Å². The van der Waals surface area contributed by atoms with Crippen molar-refractivity contribution in [2.75, 3.05) is 0 Å². The highest BCUT2D eigenvalue weighted by Crippen LogP contribution is 2.41. The molecule has 4 rings (SSSR count). The maximum atomic E-state index is 4.98. The van der Waals surface area contributed by atoms with Gasteiger partial charge in [-0.15, -0.1) is 11.8 Å². The number of benzene rings is 2. The predicted octanol–water partition coefficient (Wildman–Crippen LogP) is 5.56. The first-order valence-corrected chi connectivity index (χ1v) is 8.53. The summed E-state index contributed by atoms with van der Waals surface area (Å²) in [5.41, 5.74) is 4.94. The fourth-order valence-electron chi connectivity index (χ4n) is 2.92. The zero-order valence-corrected chi connectivity index (χ0v) is 13.1. The van der Waals surface area contributed by atoms with E-state index < -0.39 is 0 Å². The molecule has 0 N–H and O–H groups in total. The molecule has 0 saturated carbocycles. The summed E-state index contributed by atoms with van der Waals surface area (Å²) >= 11 is 1.94. The Morgan fingerprint density at radius 3 is 2.59 bits per heavy atom. The maximum Gasteiger partial charge on any atom is 0.0769 e. The van der Waals surface area contributed by atoms with Gasteiger partial charge in [0.1, 0.15) is 0 Å². The number of hydrogen-bond acceptors (Lipinski definition) is 2. The Bertz CT molecular complexity index is 771. The molecule has 1 nitrogen and oxygen atoms in total. The zero-order valence-electron chi connectivity index (χ0n) is 12.3. The molecule has 0 amide bonds. The van der Waals surface area contributed by atoms with Crippen LogP contribution in [0.3, 0.4) is 0 Å². The molecule has 0 radical (unpaired) electrons. The van der Waals surface area contributed by atoms with E-state index in [0.29, 0.717) is 5.25 Å². The van der Waals surface area contributed by atoms with Crippen LogP contribution in [0.2, 0.25) is 0 Å². The molecule has 2 aromatic carbocycles. The van der Waals surface area contributed by atoms with Gasteiger partial charge in [-0.05, 0) is 29.7 Å². The average Bonchev–Trinajstić information content (AvgIpc) is 3.03. The first kappa shape index (κ1) is 13.6. The highest BCUT2D eigenvalue weighted by atomic mass is 32.2. The van der Waals surface area contributed by atoms with Crippen molar-refractivity contribution in [3.05, 3.63) is 84.0 Å². The molecule has 2 aromatic rings. The number of aliphatic imine (C=N–C) groups is 1.